The lowest BCUT2D eigenvalue weighted by atomic mass is 10.2. The van der Waals surface area contributed by atoms with Crippen LogP contribution >= 0.6 is 0 Å². The Balaban J connectivity index is 2.58. The van der Waals surface area contributed by atoms with E-state index in [1.807, 2.05) is 19.9 Å². The van der Waals surface area contributed by atoms with E-state index in [0.29, 0.717) is 13.1 Å². The van der Waals surface area contributed by atoms with Crippen molar-refractivity contribution in [3.8, 4) is 6.07 Å². The van der Waals surface area contributed by atoms with Gasteiger partial charge in [-0.3, -0.25) is 0 Å². The van der Waals surface area contributed by atoms with Gasteiger partial charge < -0.3 is 0 Å². The molecule has 0 heterocycles. The van der Waals surface area contributed by atoms with Gasteiger partial charge in [-0.15, -0.1) is 0 Å². The highest BCUT2D eigenvalue weighted by molar-refractivity contribution is 7.87. The van der Waals surface area contributed by atoms with E-state index in [4.69, 9.17) is 5.26 Å². The van der Waals surface area contributed by atoms with Crippen molar-refractivity contribution in [1.29, 1.82) is 5.26 Å². The van der Waals surface area contributed by atoms with Crippen LogP contribution < -0.4 is 4.72 Å². The molecule has 0 aliphatic heterocycles. The van der Waals surface area contributed by atoms with Crippen LogP contribution in [0.15, 0.2) is 0 Å². The number of rotatable bonds is 7. The summed E-state index contributed by atoms with van der Waals surface area (Å²) in [6.45, 7) is 4.66. The summed E-state index contributed by atoms with van der Waals surface area (Å²) < 4.78 is 27.9. The van der Waals surface area contributed by atoms with Crippen LogP contribution in [0.1, 0.15) is 33.1 Å². The summed E-state index contributed by atoms with van der Waals surface area (Å²) in [5, 5.41) is 8.51. The van der Waals surface area contributed by atoms with Crippen molar-refractivity contribution in [1.82, 2.24) is 9.03 Å². The average molecular weight is 245 g/mol. The van der Waals surface area contributed by atoms with Crippen LogP contribution in [0.3, 0.4) is 0 Å². The van der Waals surface area contributed by atoms with Crippen LogP contribution in [0.2, 0.25) is 0 Å². The van der Waals surface area contributed by atoms with E-state index in [1.54, 1.807) is 0 Å². The Morgan fingerprint density at radius 2 is 2.12 bits per heavy atom. The van der Waals surface area contributed by atoms with Crippen molar-refractivity contribution in [2.45, 2.75) is 39.2 Å². The molecule has 1 fully saturated rings. The molecule has 92 valence electrons. The quantitative estimate of drug-likeness (QED) is 0.723. The van der Waals surface area contributed by atoms with Crippen molar-refractivity contribution in [2.75, 3.05) is 13.1 Å². The van der Waals surface area contributed by atoms with E-state index in [1.165, 1.54) is 4.31 Å². The molecule has 0 saturated heterocycles. The zero-order valence-corrected chi connectivity index (χ0v) is 10.6. The molecule has 0 bridgehead atoms. The van der Waals surface area contributed by atoms with Gasteiger partial charge in [-0.25, -0.2) is 4.72 Å². The van der Waals surface area contributed by atoms with E-state index >= 15 is 0 Å². The van der Waals surface area contributed by atoms with Gasteiger partial charge in [-0.1, -0.05) is 13.8 Å². The van der Waals surface area contributed by atoms with Crippen LogP contribution in [0, 0.1) is 17.2 Å². The predicted octanol–water partition coefficient (Wildman–Crippen LogP) is 0.855. The van der Waals surface area contributed by atoms with Crippen LogP contribution in [0.5, 0.6) is 0 Å². The molecule has 0 atom stereocenters. The van der Waals surface area contributed by atoms with Gasteiger partial charge in [-0.2, -0.15) is 18.0 Å². The fraction of sp³-hybridized carbons (Fsp3) is 0.900. The standard InChI is InChI=1S/C10H19N3O2S/c1-9(2)8-12-16(14,15)13(7-3-6-11)10-4-5-10/h9-10,12H,3-5,7-8H2,1-2H3. The zero-order chi connectivity index (χ0) is 12.2. The summed E-state index contributed by atoms with van der Waals surface area (Å²) in [6.07, 6.45) is 2.07. The third-order valence-corrected chi connectivity index (χ3v) is 4.01. The molecular formula is C10H19N3O2S. The molecule has 16 heavy (non-hydrogen) atoms. The summed E-state index contributed by atoms with van der Waals surface area (Å²) in [7, 11) is -3.39. The number of nitriles is 1. The highest BCUT2D eigenvalue weighted by Crippen LogP contribution is 2.28. The maximum Gasteiger partial charge on any atom is 0.279 e. The Morgan fingerprint density at radius 1 is 1.50 bits per heavy atom. The molecule has 6 heteroatoms. The summed E-state index contributed by atoms with van der Waals surface area (Å²) >= 11 is 0. The van der Waals surface area contributed by atoms with Gasteiger partial charge >= 0.3 is 0 Å². The van der Waals surface area contributed by atoms with Crippen molar-refractivity contribution >= 4 is 10.2 Å². The second kappa shape index (κ2) is 5.62. The molecule has 0 amide bonds. The molecule has 0 radical (unpaired) electrons. The van der Waals surface area contributed by atoms with E-state index < -0.39 is 10.2 Å². The van der Waals surface area contributed by atoms with Gasteiger partial charge in [0.2, 0.25) is 0 Å². The third kappa shape index (κ3) is 4.08. The van der Waals surface area contributed by atoms with E-state index in [0.717, 1.165) is 12.8 Å². The van der Waals surface area contributed by atoms with Crippen molar-refractivity contribution in [3.63, 3.8) is 0 Å². The Bertz CT molecular complexity index is 355. The number of nitrogens with one attached hydrogen (secondary N) is 1. The maximum atomic E-state index is 11.9. The lowest BCUT2D eigenvalue weighted by Gasteiger charge is -2.21. The molecule has 1 N–H and O–H groups in total. The molecule has 5 nitrogen and oxygen atoms in total. The Kier molecular flexibility index (Phi) is 4.71. The smallest absolute Gasteiger partial charge is 0.202 e. The monoisotopic (exact) mass is 245 g/mol. The van der Waals surface area contributed by atoms with Crippen molar-refractivity contribution in [3.05, 3.63) is 0 Å². The minimum atomic E-state index is -3.39. The van der Waals surface area contributed by atoms with Crippen molar-refractivity contribution < 1.29 is 8.42 Å². The Hall–Kier alpha value is -0.640. The summed E-state index contributed by atoms with van der Waals surface area (Å²) in [4.78, 5) is 0. The first-order valence-corrected chi connectivity index (χ1v) is 7.04. The summed E-state index contributed by atoms with van der Waals surface area (Å²) in [5.41, 5.74) is 0. The van der Waals surface area contributed by atoms with Gasteiger partial charge in [0.15, 0.2) is 0 Å². The minimum Gasteiger partial charge on any atom is -0.202 e. The number of nitrogens with zero attached hydrogens (tertiary/aromatic N) is 2. The first kappa shape index (κ1) is 13.4. The van der Waals surface area contributed by atoms with Gasteiger partial charge in [0.05, 0.1) is 6.07 Å². The molecule has 1 aliphatic carbocycles. The number of hydrogen-bond acceptors (Lipinski definition) is 3. The lowest BCUT2D eigenvalue weighted by Crippen LogP contribution is -2.43. The summed E-state index contributed by atoms with van der Waals surface area (Å²) in [6, 6.07) is 2.09. The molecule has 0 unspecified atom stereocenters. The minimum absolute atomic E-state index is 0.109. The van der Waals surface area contributed by atoms with Crippen molar-refractivity contribution in [2.24, 2.45) is 5.92 Å². The zero-order valence-electron chi connectivity index (χ0n) is 9.81. The average Bonchev–Trinajstić information content (AvgIpc) is 2.99. The second-order valence-electron chi connectivity index (χ2n) is 4.50. The van der Waals surface area contributed by atoms with Crippen LogP contribution in [0.4, 0.5) is 0 Å². The summed E-state index contributed by atoms with van der Waals surface area (Å²) in [5.74, 6) is 0.284. The highest BCUT2D eigenvalue weighted by Gasteiger charge is 2.36. The normalized spacial score (nSPS) is 16.7. The lowest BCUT2D eigenvalue weighted by molar-refractivity contribution is 0.399. The van der Waals surface area contributed by atoms with Crippen LogP contribution in [-0.4, -0.2) is 31.9 Å². The molecule has 1 aliphatic rings. The largest absolute Gasteiger partial charge is 0.279 e. The predicted molar refractivity (Wildman–Crippen MR) is 61.7 cm³/mol. The number of hydrogen-bond donors (Lipinski definition) is 1. The van der Waals surface area contributed by atoms with E-state index in [-0.39, 0.29) is 18.4 Å². The van der Waals surface area contributed by atoms with E-state index in [2.05, 4.69) is 4.72 Å². The van der Waals surface area contributed by atoms with Crippen LogP contribution in [0.25, 0.3) is 0 Å². The van der Waals surface area contributed by atoms with E-state index in [9.17, 15) is 8.42 Å². The van der Waals surface area contributed by atoms with Gasteiger partial charge in [-0.05, 0) is 18.8 Å². The molecule has 0 aromatic carbocycles. The SMILES string of the molecule is CC(C)CNS(=O)(=O)N(CCC#N)C1CC1. The highest BCUT2D eigenvalue weighted by atomic mass is 32.2. The van der Waals surface area contributed by atoms with Gasteiger partial charge in [0, 0.05) is 25.6 Å². The third-order valence-electron chi connectivity index (χ3n) is 2.38. The first-order valence-electron chi connectivity index (χ1n) is 5.60. The molecule has 1 saturated carbocycles. The van der Waals surface area contributed by atoms with Crippen LogP contribution in [-0.2, 0) is 10.2 Å². The molecule has 0 aromatic rings. The second-order valence-corrected chi connectivity index (χ2v) is 6.21. The molecule has 0 spiro atoms. The molecule has 0 aromatic heterocycles. The topological polar surface area (TPSA) is 73.2 Å². The first-order chi connectivity index (χ1) is 7.47. The maximum absolute atomic E-state index is 11.9. The fourth-order valence-corrected chi connectivity index (χ4v) is 3.02. The Labute approximate surface area is 97.6 Å². The fourth-order valence-electron chi connectivity index (χ4n) is 1.38. The van der Waals surface area contributed by atoms with Gasteiger partial charge in [0.25, 0.3) is 10.2 Å². The van der Waals surface area contributed by atoms with Gasteiger partial charge in [0.1, 0.15) is 0 Å². The molecular weight excluding hydrogens is 226 g/mol. The Morgan fingerprint density at radius 3 is 2.56 bits per heavy atom. The molecule has 1 rings (SSSR count).